The van der Waals surface area contributed by atoms with Crippen molar-refractivity contribution in [2.75, 3.05) is 27.0 Å². The highest BCUT2D eigenvalue weighted by Gasteiger charge is 1.95. The maximum absolute atomic E-state index is 10.3. The Labute approximate surface area is 82.6 Å². The summed E-state index contributed by atoms with van der Waals surface area (Å²) in [6.07, 6.45) is 1.19. The summed E-state index contributed by atoms with van der Waals surface area (Å²) >= 11 is 5.31. The van der Waals surface area contributed by atoms with Gasteiger partial charge in [0, 0.05) is 12.3 Å². The standard InChI is InChI=1S/C4H9ClO2Si.C3H9N/c5-3-1-2-4(6)7-8;1-4(2)3/h1-3H2,8H3;1-3H3. The molecule has 0 aromatic carbocycles. The lowest BCUT2D eigenvalue weighted by molar-refractivity contribution is -0.134. The Morgan fingerprint density at radius 3 is 2.17 bits per heavy atom. The molecule has 12 heavy (non-hydrogen) atoms. The second-order valence-corrected chi connectivity index (χ2v) is 3.50. The molecule has 0 aliphatic carbocycles. The fraction of sp³-hybridized carbons (Fsp3) is 0.857. The number of carbonyl (C=O) groups excluding carboxylic acids is 1. The Kier molecular flexibility index (Phi) is 13.2. The molecule has 0 aliphatic heterocycles. The zero-order chi connectivity index (χ0) is 9.98. The monoisotopic (exact) mass is 211 g/mol. The zero-order valence-electron chi connectivity index (χ0n) is 8.26. The number of nitrogens with zero attached hydrogens (tertiary/aromatic N) is 1. The molecule has 0 heterocycles. The fourth-order valence-corrected chi connectivity index (χ4v) is 0.651. The van der Waals surface area contributed by atoms with Gasteiger partial charge in [-0.3, -0.25) is 4.79 Å². The quantitative estimate of drug-likeness (QED) is 0.487. The van der Waals surface area contributed by atoms with Crippen molar-refractivity contribution in [3.63, 3.8) is 0 Å². The molecule has 0 bridgehead atoms. The van der Waals surface area contributed by atoms with E-state index in [4.69, 9.17) is 11.6 Å². The third-order valence-corrected chi connectivity index (χ3v) is 1.46. The van der Waals surface area contributed by atoms with Crippen LogP contribution in [0.4, 0.5) is 0 Å². The van der Waals surface area contributed by atoms with Gasteiger partial charge in [0.25, 0.3) is 5.97 Å². The summed E-state index contributed by atoms with van der Waals surface area (Å²) in [6.45, 7) is 0. The Morgan fingerprint density at radius 2 is 1.92 bits per heavy atom. The second kappa shape index (κ2) is 10.9. The van der Waals surface area contributed by atoms with Crippen LogP contribution in [0.3, 0.4) is 0 Å². The smallest absolute Gasteiger partial charge is 0.291 e. The molecule has 0 aromatic rings. The lowest BCUT2D eigenvalue weighted by Crippen LogP contribution is -2.00. The van der Waals surface area contributed by atoms with Crippen molar-refractivity contribution in [1.29, 1.82) is 0 Å². The van der Waals surface area contributed by atoms with Crippen molar-refractivity contribution in [2.24, 2.45) is 0 Å². The van der Waals surface area contributed by atoms with E-state index in [-0.39, 0.29) is 5.97 Å². The van der Waals surface area contributed by atoms with E-state index < -0.39 is 0 Å². The van der Waals surface area contributed by atoms with Crippen LogP contribution in [0.5, 0.6) is 0 Å². The molecule has 0 unspecified atom stereocenters. The van der Waals surface area contributed by atoms with Gasteiger partial charge in [0.15, 0.2) is 0 Å². The number of hydrogen-bond donors (Lipinski definition) is 0. The number of halogens is 1. The van der Waals surface area contributed by atoms with Crippen molar-refractivity contribution < 1.29 is 9.22 Å². The fourth-order valence-electron chi connectivity index (χ4n) is 0.313. The Hall–Kier alpha value is -0.0631. The molecular formula is C7H18ClNO2Si. The molecule has 0 rings (SSSR count). The van der Waals surface area contributed by atoms with Crippen molar-refractivity contribution in [3.8, 4) is 0 Å². The van der Waals surface area contributed by atoms with E-state index in [9.17, 15) is 4.79 Å². The van der Waals surface area contributed by atoms with Gasteiger partial charge in [-0.2, -0.15) is 0 Å². The molecule has 0 spiro atoms. The molecule has 0 aromatic heterocycles. The minimum absolute atomic E-state index is 0.127. The van der Waals surface area contributed by atoms with Crippen LogP contribution in [0.1, 0.15) is 12.8 Å². The van der Waals surface area contributed by atoms with E-state index in [1.807, 2.05) is 26.0 Å². The van der Waals surface area contributed by atoms with E-state index in [1.165, 1.54) is 0 Å². The van der Waals surface area contributed by atoms with E-state index in [0.29, 0.717) is 22.8 Å². The molecule has 74 valence electrons. The van der Waals surface area contributed by atoms with Gasteiger partial charge >= 0.3 is 0 Å². The molecule has 0 radical (unpaired) electrons. The van der Waals surface area contributed by atoms with Gasteiger partial charge < -0.3 is 9.33 Å². The Bertz CT molecular complexity index is 109. The molecule has 0 atom stereocenters. The number of hydrogen-bond acceptors (Lipinski definition) is 3. The van der Waals surface area contributed by atoms with Gasteiger partial charge in [-0.05, 0) is 27.6 Å². The van der Waals surface area contributed by atoms with Crippen molar-refractivity contribution >= 4 is 28.1 Å². The summed E-state index contributed by atoms with van der Waals surface area (Å²) in [7, 11) is 6.50. The first-order valence-electron chi connectivity index (χ1n) is 3.78. The van der Waals surface area contributed by atoms with Gasteiger partial charge in [0.2, 0.25) is 10.5 Å². The van der Waals surface area contributed by atoms with Crippen molar-refractivity contribution in [3.05, 3.63) is 0 Å². The molecule has 0 fully saturated rings. The topological polar surface area (TPSA) is 29.5 Å². The van der Waals surface area contributed by atoms with E-state index in [2.05, 4.69) is 4.43 Å². The average Bonchev–Trinajstić information content (AvgIpc) is 1.99. The maximum atomic E-state index is 10.3. The van der Waals surface area contributed by atoms with Crippen LogP contribution in [-0.2, 0) is 9.22 Å². The van der Waals surface area contributed by atoms with Crippen LogP contribution in [0.15, 0.2) is 0 Å². The molecule has 0 N–H and O–H groups in total. The highest BCUT2D eigenvalue weighted by Crippen LogP contribution is 1.92. The minimum Gasteiger partial charge on any atom is -0.529 e. The van der Waals surface area contributed by atoms with Crippen molar-refractivity contribution in [1.82, 2.24) is 4.90 Å². The van der Waals surface area contributed by atoms with Gasteiger partial charge in [0.1, 0.15) is 0 Å². The predicted octanol–water partition coefficient (Wildman–Crippen LogP) is 0.00680. The molecule has 0 saturated carbocycles. The normalized spacial score (nSPS) is 9.08. The molecular weight excluding hydrogens is 194 g/mol. The first-order valence-corrected chi connectivity index (χ1v) is 5.13. The second-order valence-electron chi connectivity index (χ2n) is 2.71. The van der Waals surface area contributed by atoms with Crippen LogP contribution < -0.4 is 0 Å². The summed E-state index contributed by atoms with van der Waals surface area (Å²) in [6, 6.07) is 0. The molecule has 0 saturated heterocycles. The highest BCUT2D eigenvalue weighted by molar-refractivity contribution is 6.18. The predicted molar refractivity (Wildman–Crippen MR) is 55.6 cm³/mol. The molecule has 0 amide bonds. The van der Waals surface area contributed by atoms with Crippen LogP contribution in [0, 0.1) is 0 Å². The largest absolute Gasteiger partial charge is 0.529 e. The Balaban J connectivity index is 0. The summed E-state index contributed by atoms with van der Waals surface area (Å²) < 4.78 is 4.49. The van der Waals surface area contributed by atoms with E-state index >= 15 is 0 Å². The SMILES string of the molecule is CN(C)C.O=C(CCCCl)O[SiH3]. The summed E-state index contributed by atoms with van der Waals surface area (Å²) in [5.41, 5.74) is 0. The lowest BCUT2D eigenvalue weighted by atomic mass is 10.3. The summed E-state index contributed by atoms with van der Waals surface area (Å²) in [4.78, 5) is 12.3. The third kappa shape index (κ3) is 22.5. The number of carbonyl (C=O) groups is 1. The number of rotatable bonds is 3. The van der Waals surface area contributed by atoms with E-state index in [0.717, 1.165) is 6.42 Å². The first-order chi connectivity index (χ1) is 5.54. The maximum Gasteiger partial charge on any atom is 0.291 e. The van der Waals surface area contributed by atoms with Crippen LogP contribution in [0.25, 0.3) is 0 Å². The third-order valence-electron chi connectivity index (χ3n) is 0.742. The van der Waals surface area contributed by atoms with E-state index in [1.54, 1.807) is 0 Å². The van der Waals surface area contributed by atoms with Gasteiger partial charge in [-0.25, -0.2) is 0 Å². The van der Waals surface area contributed by atoms with Gasteiger partial charge in [-0.1, -0.05) is 0 Å². The van der Waals surface area contributed by atoms with Crippen LogP contribution in [0.2, 0.25) is 0 Å². The first kappa shape index (κ1) is 14.5. The Morgan fingerprint density at radius 1 is 1.50 bits per heavy atom. The number of alkyl halides is 1. The molecule has 3 nitrogen and oxygen atoms in total. The van der Waals surface area contributed by atoms with Gasteiger partial charge in [0.05, 0.1) is 0 Å². The molecule has 5 heteroatoms. The van der Waals surface area contributed by atoms with Crippen LogP contribution >= 0.6 is 11.6 Å². The average molecular weight is 212 g/mol. The molecule has 0 aliphatic rings. The summed E-state index contributed by atoms with van der Waals surface area (Å²) in [5, 5.41) is 0. The zero-order valence-corrected chi connectivity index (χ0v) is 11.0. The highest BCUT2D eigenvalue weighted by atomic mass is 35.5. The van der Waals surface area contributed by atoms with Crippen molar-refractivity contribution in [2.45, 2.75) is 12.8 Å². The summed E-state index contributed by atoms with van der Waals surface area (Å²) in [5.74, 6) is 0.411. The lowest BCUT2D eigenvalue weighted by Gasteiger charge is -1.94. The van der Waals surface area contributed by atoms with Gasteiger partial charge in [-0.15, -0.1) is 11.6 Å². The minimum atomic E-state index is -0.127. The van der Waals surface area contributed by atoms with Crippen LogP contribution in [-0.4, -0.2) is 48.4 Å².